The molecule has 1 unspecified atom stereocenters. The van der Waals surface area contributed by atoms with Crippen molar-refractivity contribution in [3.63, 3.8) is 0 Å². The summed E-state index contributed by atoms with van der Waals surface area (Å²) in [6.07, 6.45) is 0.262. The molecule has 5 nitrogen and oxygen atoms in total. The van der Waals surface area contributed by atoms with E-state index in [0.29, 0.717) is 11.3 Å². The van der Waals surface area contributed by atoms with Gasteiger partial charge in [0.2, 0.25) is 10.0 Å². The molecule has 0 heterocycles. The molecule has 21 heavy (non-hydrogen) atoms. The number of sulfonamides is 1. The molecule has 1 atom stereocenters. The number of rotatable bonds is 8. The summed E-state index contributed by atoms with van der Waals surface area (Å²) in [7, 11) is -3.83. The monoisotopic (exact) mass is 331 g/mol. The zero-order valence-corrected chi connectivity index (χ0v) is 14.1. The molecule has 0 bridgehead atoms. The van der Waals surface area contributed by atoms with Crippen LogP contribution < -0.4 is 4.72 Å². The smallest absolute Gasteiger partial charge is 0.321 e. The van der Waals surface area contributed by atoms with E-state index in [2.05, 4.69) is 4.72 Å². The summed E-state index contributed by atoms with van der Waals surface area (Å²) in [6, 6.07) is 3.86. The van der Waals surface area contributed by atoms with E-state index in [0.717, 1.165) is 11.3 Å². The van der Waals surface area contributed by atoms with Crippen molar-refractivity contribution in [2.24, 2.45) is 0 Å². The molecule has 2 N–H and O–H groups in total. The van der Waals surface area contributed by atoms with Gasteiger partial charge in [-0.1, -0.05) is 24.6 Å². The maximum Gasteiger partial charge on any atom is 0.321 e. The molecular weight excluding hydrogens is 310 g/mol. The maximum absolute atomic E-state index is 12.3. The molecule has 1 aromatic rings. The van der Waals surface area contributed by atoms with Crippen molar-refractivity contribution in [2.75, 3.05) is 11.5 Å². The van der Waals surface area contributed by atoms with Gasteiger partial charge in [-0.25, -0.2) is 8.42 Å². The van der Waals surface area contributed by atoms with Gasteiger partial charge in [0.25, 0.3) is 0 Å². The number of thioether (sulfide) groups is 1. The van der Waals surface area contributed by atoms with Gasteiger partial charge in [-0.2, -0.15) is 16.5 Å². The van der Waals surface area contributed by atoms with Crippen LogP contribution in [0.5, 0.6) is 0 Å². The first-order valence-electron chi connectivity index (χ1n) is 6.68. The van der Waals surface area contributed by atoms with Crippen LogP contribution in [-0.4, -0.2) is 37.0 Å². The van der Waals surface area contributed by atoms with Crippen molar-refractivity contribution < 1.29 is 18.3 Å². The zero-order valence-electron chi connectivity index (χ0n) is 12.4. The van der Waals surface area contributed by atoms with Gasteiger partial charge in [0, 0.05) is 0 Å². The van der Waals surface area contributed by atoms with Crippen molar-refractivity contribution in [2.45, 2.75) is 38.1 Å². The molecule has 0 saturated heterocycles. The van der Waals surface area contributed by atoms with Crippen LogP contribution in [0, 0.1) is 13.8 Å². The van der Waals surface area contributed by atoms with Gasteiger partial charge in [0.1, 0.15) is 6.04 Å². The SMILES string of the molecule is CCSCCC(NS(=O)(=O)c1ccc(C)cc1C)C(=O)O. The van der Waals surface area contributed by atoms with Crippen LogP contribution in [0.1, 0.15) is 24.5 Å². The van der Waals surface area contributed by atoms with Gasteiger partial charge in [-0.15, -0.1) is 0 Å². The van der Waals surface area contributed by atoms with Crippen LogP contribution >= 0.6 is 11.8 Å². The molecule has 0 saturated carbocycles. The van der Waals surface area contributed by atoms with Crippen LogP contribution in [-0.2, 0) is 14.8 Å². The van der Waals surface area contributed by atoms with Gasteiger partial charge >= 0.3 is 5.97 Å². The number of hydrogen-bond donors (Lipinski definition) is 2. The first-order valence-corrected chi connectivity index (χ1v) is 9.32. The number of carboxylic acid groups (broad SMARTS) is 1. The lowest BCUT2D eigenvalue weighted by Gasteiger charge is -2.16. The Hall–Kier alpha value is -1.05. The van der Waals surface area contributed by atoms with Gasteiger partial charge in [0.15, 0.2) is 0 Å². The van der Waals surface area contributed by atoms with E-state index in [1.54, 1.807) is 30.8 Å². The molecule has 0 amide bonds. The Balaban J connectivity index is 2.92. The summed E-state index contributed by atoms with van der Waals surface area (Å²) in [5.41, 5.74) is 1.56. The molecule has 1 rings (SSSR count). The highest BCUT2D eigenvalue weighted by atomic mass is 32.2. The van der Waals surface area contributed by atoms with Crippen LogP contribution in [0.15, 0.2) is 23.1 Å². The van der Waals surface area contributed by atoms with Crippen LogP contribution in [0.4, 0.5) is 0 Å². The summed E-state index contributed by atoms with van der Waals surface area (Å²) in [5.74, 6) is 0.319. The van der Waals surface area contributed by atoms with Gasteiger partial charge < -0.3 is 5.11 Å². The second-order valence-electron chi connectivity index (χ2n) is 4.77. The number of aliphatic carboxylic acids is 1. The minimum Gasteiger partial charge on any atom is -0.480 e. The molecule has 0 radical (unpaired) electrons. The Morgan fingerprint density at radius 2 is 2.05 bits per heavy atom. The minimum absolute atomic E-state index is 0.127. The van der Waals surface area contributed by atoms with Crippen molar-refractivity contribution in [1.82, 2.24) is 4.72 Å². The number of aryl methyl sites for hydroxylation is 2. The third kappa shape index (κ3) is 5.33. The van der Waals surface area contributed by atoms with E-state index >= 15 is 0 Å². The highest BCUT2D eigenvalue weighted by molar-refractivity contribution is 7.99. The molecule has 0 aliphatic carbocycles. The molecule has 118 valence electrons. The lowest BCUT2D eigenvalue weighted by molar-refractivity contribution is -0.139. The van der Waals surface area contributed by atoms with Gasteiger partial charge in [-0.3, -0.25) is 4.79 Å². The standard InChI is InChI=1S/C14H21NO4S2/c1-4-20-8-7-12(14(16)17)15-21(18,19)13-6-5-10(2)9-11(13)3/h5-6,9,12,15H,4,7-8H2,1-3H3,(H,16,17). The lowest BCUT2D eigenvalue weighted by Crippen LogP contribution is -2.41. The Labute approximate surface area is 130 Å². The van der Waals surface area contributed by atoms with E-state index in [1.165, 1.54) is 6.07 Å². The number of hydrogen-bond acceptors (Lipinski definition) is 4. The van der Waals surface area contributed by atoms with Crippen molar-refractivity contribution in [3.05, 3.63) is 29.3 Å². The van der Waals surface area contributed by atoms with Gasteiger partial charge in [-0.05, 0) is 43.4 Å². The molecular formula is C14H21NO4S2. The molecule has 0 aliphatic rings. The number of benzene rings is 1. The molecule has 0 fully saturated rings. The number of nitrogens with one attached hydrogen (secondary N) is 1. The minimum atomic E-state index is -3.83. The van der Waals surface area contributed by atoms with E-state index in [1.807, 2.05) is 13.8 Å². The third-order valence-electron chi connectivity index (χ3n) is 2.97. The third-order valence-corrected chi connectivity index (χ3v) is 5.53. The molecule has 0 spiro atoms. The van der Waals surface area contributed by atoms with Crippen LogP contribution in [0.3, 0.4) is 0 Å². The molecule has 7 heteroatoms. The summed E-state index contributed by atoms with van der Waals surface area (Å²) in [4.78, 5) is 11.3. The number of carboxylic acids is 1. The van der Waals surface area contributed by atoms with E-state index < -0.39 is 22.0 Å². The average Bonchev–Trinajstić information content (AvgIpc) is 2.36. The summed E-state index contributed by atoms with van der Waals surface area (Å²) in [5, 5.41) is 9.16. The van der Waals surface area contributed by atoms with E-state index in [9.17, 15) is 13.2 Å². The highest BCUT2D eigenvalue weighted by Crippen LogP contribution is 2.17. The van der Waals surface area contributed by atoms with Crippen LogP contribution in [0.2, 0.25) is 0 Å². The predicted molar refractivity (Wildman–Crippen MR) is 85.3 cm³/mol. The summed E-state index contributed by atoms with van der Waals surface area (Å²) < 4.78 is 26.9. The average molecular weight is 331 g/mol. The zero-order chi connectivity index (χ0) is 16.0. The van der Waals surface area contributed by atoms with E-state index in [-0.39, 0.29) is 11.3 Å². The molecule has 0 aliphatic heterocycles. The fourth-order valence-corrected chi connectivity index (χ4v) is 4.07. The van der Waals surface area contributed by atoms with E-state index in [4.69, 9.17) is 5.11 Å². The second kappa shape index (κ2) is 7.82. The maximum atomic E-state index is 12.3. The predicted octanol–water partition coefficient (Wildman–Crippen LogP) is 2.18. The summed E-state index contributed by atoms with van der Waals surface area (Å²) in [6.45, 7) is 5.55. The number of carbonyl (C=O) groups is 1. The Bertz CT molecular complexity index is 599. The molecule has 1 aromatic carbocycles. The normalized spacial score (nSPS) is 13.1. The van der Waals surface area contributed by atoms with Gasteiger partial charge in [0.05, 0.1) is 4.90 Å². The largest absolute Gasteiger partial charge is 0.480 e. The second-order valence-corrected chi connectivity index (χ2v) is 7.84. The van der Waals surface area contributed by atoms with Crippen molar-refractivity contribution in [1.29, 1.82) is 0 Å². The van der Waals surface area contributed by atoms with Crippen molar-refractivity contribution in [3.8, 4) is 0 Å². The summed E-state index contributed by atoms with van der Waals surface area (Å²) >= 11 is 1.58. The van der Waals surface area contributed by atoms with Crippen molar-refractivity contribution >= 4 is 27.8 Å². The Morgan fingerprint density at radius 3 is 2.57 bits per heavy atom. The lowest BCUT2D eigenvalue weighted by atomic mass is 10.2. The fraction of sp³-hybridized carbons (Fsp3) is 0.500. The Kier molecular flexibility index (Phi) is 6.70. The first-order chi connectivity index (χ1) is 9.77. The fourth-order valence-electron chi connectivity index (χ4n) is 1.93. The first kappa shape index (κ1) is 18.0. The quantitative estimate of drug-likeness (QED) is 0.713. The van der Waals surface area contributed by atoms with Crippen LogP contribution in [0.25, 0.3) is 0 Å². The highest BCUT2D eigenvalue weighted by Gasteiger charge is 2.26. The topological polar surface area (TPSA) is 83.5 Å². The molecule has 0 aromatic heterocycles. The Morgan fingerprint density at radius 1 is 1.38 bits per heavy atom.